The van der Waals surface area contributed by atoms with Crippen molar-refractivity contribution in [1.29, 1.82) is 0 Å². The average Bonchev–Trinajstić information content (AvgIpc) is 3.43. The number of ether oxygens (including phenoxy) is 2. The van der Waals surface area contributed by atoms with Crippen LogP contribution in [0.1, 0.15) is 40.3 Å². The molecule has 0 aliphatic carbocycles. The van der Waals surface area contributed by atoms with Gasteiger partial charge in [-0.15, -0.1) is 0 Å². The number of benzene rings is 4. The molecular weight excluding hydrogens is 636 g/mol. The number of nitrogens with zero attached hydrogens (tertiary/aromatic N) is 4. The molecule has 11 heteroatoms. The van der Waals surface area contributed by atoms with Gasteiger partial charge in [0, 0.05) is 46.6 Å². The highest BCUT2D eigenvalue weighted by Crippen LogP contribution is 2.44. The summed E-state index contributed by atoms with van der Waals surface area (Å²) in [6.07, 6.45) is -0.201. The van der Waals surface area contributed by atoms with Crippen molar-refractivity contribution in [2.45, 2.75) is 38.0 Å². The van der Waals surface area contributed by atoms with Gasteiger partial charge in [-0.3, -0.25) is 10.2 Å². The minimum Gasteiger partial charge on any atom is -0.494 e. The Kier molecular flexibility index (Phi) is 10.5. The van der Waals surface area contributed by atoms with E-state index in [1.54, 1.807) is 24.3 Å². The fourth-order valence-electron chi connectivity index (χ4n) is 5.17. The third-order valence-electron chi connectivity index (χ3n) is 7.38. The summed E-state index contributed by atoms with van der Waals surface area (Å²) < 4.78 is 13.1. The van der Waals surface area contributed by atoms with Gasteiger partial charge in [0.05, 0.1) is 6.61 Å². The molecule has 0 bridgehead atoms. The molecule has 2 atom stereocenters. The predicted octanol–water partition coefficient (Wildman–Crippen LogP) is 6.78. The second-order valence-electron chi connectivity index (χ2n) is 10.6. The molecule has 0 saturated heterocycles. The van der Waals surface area contributed by atoms with Gasteiger partial charge < -0.3 is 14.6 Å². The Morgan fingerprint density at radius 2 is 1.87 bits per heavy atom. The molecule has 0 spiro atoms. The molecule has 1 heterocycles. The van der Waals surface area contributed by atoms with Gasteiger partial charge in [0.15, 0.2) is 11.6 Å². The van der Waals surface area contributed by atoms with Gasteiger partial charge in [-0.1, -0.05) is 87.3 Å². The van der Waals surface area contributed by atoms with E-state index in [1.807, 2.05) is 79.7 Å². The second kappa shape index (κ2) is 14.9. The lowest BCUT2D eigenvalue weighted by Gasteiger charge is -2.31. The lowest BCUT2D eigenvalue weighted by atomic mass is 9.81. The molecule has 0 aromatic heterocycles. The Morgan fingerprint density at radius 3 is 2.60 bits per heavy atom. The molecule has 230 valence electrons. The predicted molar refractivity (Wildman–Crippen MR) is 176 cm³/mol. The van der Waals surface area contributed by atoms with Crippen LogP contribution in [0.5, 0.6) is 5.75 Å². The zero-order chi connectivity index (χ0) is 31.6. The quantitative estimate of drug-likeness (QED) is 0.0473. The van der Waals surface area contributed by atoms with Crippen molar-refractivity contribution in [3.63, 3.8) is 0 Å². The zero-order valence-corrected chi connectivity index (χ0v) is 26.3. The van der Waals surface area contributed by atoms with E-state index < -0.39 is 17.6 Å². The smallest absolute Gasteiger partial charge is 0.266 e. The first-order valence-electron chi connectivity index (χ1n) is 14.5. The third kappa shape index (κ3) is 7.71. The van der Waals surface area contributed by atoms with E-state index in [1.165, 1.54) is 0 Å². The number of azide groups is 1. The standard InChI is InChI=1S/C34H33BrN6O4/c1-23-6-4-7-24(20-23)22-37-40-33(43)34(21-27-8-2-3-9-30(27)39-41-36)31(25-10-14-28(35)15-11-25)45-32(38-34)26-12-16-29(17-13-26)44-19-5-18-42/h2-4,6-17,20,31,37,42H,5,18-19,21-22H2,1H3,(H,40,43)/t31-,34-/m0/s1. The third-order valence-corrected chi connectivity index (χ3v) is 7.91. The fourth-order valence-corrected chi connectivity index (χ4v) is 5.44. The van der Waals surface area contributed by atoms with Crippen LogP contribution in [0.4, 0.5) is 5.69 Å². The molecule has 1 aliphatic rings. The summed E-state index contributed by atoms with van der Waals surface area (Å²) in [6.45, 7) is 2.85. The van der Waals surface area contributed by atoms with E-state index in [-0.39, 0.29) is 13.0 Å². The fraction of sp³-hybridized carbons (Fsp3) is 0.235. The van der Waals surface area contributed by atoms with Crippen LogP contribution < -0.4 is 15.6 Å². The van der Waals surface area contributed by atoms with Gasteiger partial charge in [0.2, 0.25) is 5.90 Å². The SMILES string of the molecule is Cc1cccc(CNNC(=O)[C@@]2(Cc3ccccc3N=[N+]=[N-])N=C(c3ccc(OCCCO)cc3)O[C@H]2c2ccc(Br)cc2)c1. The van der Waals surface area contributed by atoms with Crippen LogP contribution in [0.25, 0.3) is 10.4 Å². The van der Waals surface area contributed by atoms with Crippen LogP contribution in [-0.4, -0.2) is 35.7 Å². The number of hydrogen-bond donors (Lipinski definition) is 3. The minimum absolute atomic E-state index is 0.0486. The van der Waals surface area contributed by atoms with Crippen molar-refractivity contribution in [2.75, 3.05) is 13.2 Å². The maximum Gasteiger partial charge on any atom is 0.266 e. The van der Waals surface area contributed by atoms with Gasteiger partial charge in [-0.05, 0) is 65.5 Å². The molecule has 3 N–H and O–H groups in total. The Labute approximate surface area is 269 Å². The maximum atomic E-state index is 14.4. The number of aliphatic hydroxyl groups excluding tert-OH is 1. The summed E-state index contributed by atoms with van der Waals surface area (Å²) in [5.74, 6) is 0.528. The summed E-state index contributed by atoms with van der Waals surface area (Å²) in [4.78, 5) is 22.4. The van der Waals surface area contributed by atoms with Crippen molar-refractivity contribution in [2.24, 2.45) is 10.1 Å². The molecule has 0 fully saturated rings. The molecular formula is C34H33BrN6O4. The van der Waals surface area contributed by atoms with E-state index in [2.05, 4.69) is 36.8 Å². The first kappa shape index (κ1) is 31.7. The van der Waals surface area contributed by atoms with Crippen molar-refractivity contribution in [1.82, 2.24) is 10.9 Å². The Bertz CT molecular complexity index is 1710. The molecule has 5 rings (SSSR count). The summed E-state index contributed by atoms with van der Waals surface area (Å²) >= 11 is 3.50. The van der Waals surface area contributed by atoms with Crippen molar-refractivity contribution in [3.8, 4) is 5.75 Å². The molecule has 0 unspecified atom stereocenters. The molecule has 0 saturated carbocycles. The number of rotatable bonds is 13. The molecule has 1 amide bonds. The van der Waals surface area contributed by atoms with Gasteiger partial charge in [0.25, 0.3) is 5.91 Å². The highest BCUT2D eigenvalue weighted by molar-refractivity contribution is 9.10. The van der Waals surface area contributed by atoms with E-state index >= 15 is 0 Å². The average molecular weight is 670 g/mol. The van der Waals surface area contributed by atoms with E-state index in [4.69, 9.17) is 19.6 Å². The summed E-state index contributed by atoms with van der Waals surface area (Å²) in [5, 5.41) is 12.9. The number of hydrazine groups is 1. The number of nitrogens with one attached hydrogen (secondary N) is 2. The summed E-state index contributed by atoms with van der Waals surface area (Å²) in [7, 11) is 0. The Balaban J connectivity index is 1.55. The van der Waals surface area contributed by atoms with Crippen LogP contribution in [0.15, 0.2) is 112 Å². The number of hydrogen-bond acceptors (Lipinski definition) is 7. The molecule has 4 aromatic rings. The van der Waals surface area contributed by atoms with Crippen LogP contribution in [-0.2, 0) is 22.5 Å². The zero-order valence-electron chi connectivity index (χ0n) is 24.7. The summed E-state index contributed by atoms with van der Waals surface area (Å²) in [5.41, 5.74) is 18.3. The van der Waals surface area contributed by atoms with Gasteiger partial charge in [-0.2, -0.15) is 0 Å². The van der Waals surface area contributed by atoms with Crippen molar-refractivity contribution >= 4 is 33.4 Å². The maximum absolute atomic E-state index is 14.4. The van der Waals surface area contributed by atoms with Gasteiger partial charge >= 0.3 is 0 Å². The highest BCUT2D eigenvalue weighted by atomic mass is 79.9. The number of carbonyl (C=O) groups excluding carboxylic acids is 1. The number of amides is 1. The monoisotopic (exact) mass is 668 g/mol. The lowest BCUT2D eigenvalue weighted by Crippen LogP contribution is -2.53. The van der Waals surface area contributed by atoms with Gasteiger partial charge in [-0.25, -0.2) is 10.4 Å². The Morgan fingerprint density at radius 1 is 1.09 bits per heavy atom. The van der Waals surface area contributed by atoms with Crippen molar-refractivity contribution in [3.05, 3.63) is 140 Å². The molecule has 1 aliphatic heterocycles. The molecule has 10 nitrogen and oxygen atoms in total. The van der Waals surface area contributed by atoms with Gasteiger partial charge in [0.1, 0.15) is 5.75 Å². The van der Waals surface area contributed by atoms with Crippen molar-refractivity contribution < 1.29 is 19.4 Å². The first-order valence-corrected chi connectivity index (χ1v) is 15.3. The second-order valence-corrected chi connectivity index (χ2v) is 11.5. The van der Waals surface area contributed by atoms with E-state index in [9.17, 15) is 10.3 Å². The highest BCUT2D eigenvalue weighted by Gasteiger charge is 2.53. The molecule has 0 radical (unpaired) electrons. The number of aliphatic hydroxyl groups is 1. The number of aliphatic imine (C=N–C) groups is 1. The Hall–Kier alpha value is -4.67. The van der Waals surface area contributed by atoms with Crippen LogP contribution in [0.2, 0.25) is 0 Å². The summed E-state index contributed by atoms with van der Waals surface area (Å²) in [6, 6.07) is 30.0. The van der Waals surface area contributed by atoms with Crippen LogP contribution in [0, 0.1) is 6.92 Å². The number of halogens is 1. The lowest BCUT2D eigenvalue weighted by molar-refractivity contribution is -0.130. The van der Waals surface area contributed by atoms with Crippen LogP contribution >= 0.6 is 15.9 Å². The normalized spacial score (nSPS) is 17.1. The molecule has 45 heavy (non-hydrogen) atoms. The first-order chi connectivity index (χ1) is 21.9. The molecule has 4 aromatic carbocycles. The number of carbonyl (C=O) groups is 1. The minimum atomic E-state index is -1.49. The van der Waals surface area contributed by atoms with E-state index in [0.717, 1.165) is 21.2 Å². The van der Waals surface area contributed by atoms with E-state index in [0.29, 0.717) is 48.0 Å². The largest absolute Gasteiger partial charge is 0.494 e. The number of aryl methyl sites for hydroxylation is 1. The topological polar surface area (TPSA) is 141 Å². The van der Waals surface area contributed by atoms with Crippen LogP contribution in [0.3, 0.4) is 0 Å².